The molecule has 0 aromatic carbocycles. The Labute approximate surface area is 53.9 Å². The zero-order valence-corrected chi connectivity index (χ0v) is 5.39. The third-order valence-electron chi connectivity index (χ3n) is 0.371. The largest absolute Gasteiger partial charge is 0.351 e. The first kappa shape index (κ1) is 9.87. The lowest BCUT2D eigenvalue weighted by molar-refractivity contribution is -0.0902. The summed E-state index contributed by atoms with van der Waals surface area (Å²) >= 11 is 0. The van der Waals surface area contributed by atoms with Crippen molar-refractivity contribution in [2.75, 3.05) is 0 Å². The second-order valence-electron chi connectivity index (χ2n) is 1.01. The van der Waals surface area contributed by atoms with Gasteiger partial charge in [0.15, 0.2) is 0 Å². The molecule has 0 aromatic rings. The molecule has 0 saturated heterocycles. The van der Waals surface area contributed by atoms with E-state index in [1.165, 1.54) is 0 Å². The summed E-state index contributed by atoms with van der Waals surface area (Å²) in [7, 11) is -3.74. The molecule has 0 aliphatic rings. The zero-order valence-electron chi connectivity index (χ0n) is 4.39. The quantitative estimate of drug-likeness (QED) is 0.491. The number of hydrogen-bond acceptors (Lipinski definition) is 3. The predicted octanol–water partition coefficient (Wildman–Crippen LogP) is 1.85. The number of rotatable bonds is 4. The molecule has 62 valence electrons. The second kappa shape index (κ2) is 4.65. The minimum absolute atomic E-state index is 3.07. The first-order valence-electron chi connectivity index (χ1n) is 1.96. The Morgan fingerprint density at radius 3 is 1.50 bits per heavy atom. The lowest BCUT2D eigenvalue weighted by Gasteiger charge is -2.01. The Morgan fingerprint density at radius 2 is 1.30 bits per heavy atom. The highest BCUT2D eigenvalue weighted by Gasteiger charge is 2.13. The molecule has 0 amide bonds. The van der Waals surface area contributed by atoms with Crippen LogP contribution in [0.4, 0.5) is 17.6 Å². The first-order valence-corrected chi connectivity index (χ1v) is 3.18. The Balaban J connectivity index is 3.44. The molecule has 0 spiro atoms. The Hall–Kier alpha value is -0.130. The van der Waals surface area contributed by atoms with Crippen LogP contribution in [0.25, 0.3) is 0 Å². The highest BCUT2D eigenvalue weighted by atomic mass is 31.1. The van der Waals surface area contributed by atoms with Gasteiger partial charge < -0.3 is 0 Å². The first-order chi connectivity index (χ1) is 4.52. The summed E-state index contributed by atoms with van der Waals surface area (Å²) in [6, 6.07) is 0. The maximum atomic E-state index is 11.0. The summed E-state index contributed by atoms with van der Waals surface area (Å²) in [5, 5.41) is 0. The fourth-order valence-electron chi connectivity index (χ4n) is 0.173. The molecule has 0 heterocycles. The van der Waals surface area contributed by atoms with Crippen molar-refractivity contribution in [1.82, 2.24) is 0 Å². The fourth-order valence-corrected chi connectivity index (χ4v) is 0.520. The van der Waals surface area contributed by atoms with Crippen LogP contribution in [0.2, 0.25) is 0 Å². The monoisotopic (exact) mass is 182 g/mol. The van der Waals surface area contributed by atoms with Gasteiger partial charge in [-0.05, 0) is 0 Å². The SMILES string of the molecule is O=[PH](OC(F)F)OC(F)F. The van der Waals surface area contributed by atoms with E-state index in [1.54, 1.807) is 0 Å². The van der Waals surface area contributed by atoms with Gasteiger partial charge in [0, 0.05) is 0 Å². The standard InChI is InChI=1S/C2H3F4O3P/c3-1(4)8-10(7)9-2(5)6/h1-2,10H. The van der Waals surface area contributed by atoms with Crippen LogP contribution < -0.4 is 0 Å². The maximum absolute atomic E-state index is 11.0. The summed E-state index contributed by atoms with van der Waals surface area (Å²) in [6.45, 7) is -6.71. The second-order valence-corrected chi connectivity index (χ2v) is 1.98. The van der Waals surface area contributed by atoms with Crippen LogP contribution in [0.15, 0.2) is 0 Å². The molecule has 0 atom stereocenters. The number of hydrogen-bond donors (Lipinski definition) is 0. The third kappa shape index (κ3) is 6.00. The van der Waals surface area contributed by atoms with Crippen molar-refractivity contribution in [1.29, 1.82) is 0 Å². The van der Waals surface area contributed by atoms with E-state index < -0.39 is 21.5 Å². The van der Waals surface area contributed by atoms with Crippen molar-refractivity contribution in [2.24, 2.45) is 0 Å². The van der Waals surface area contributed by atoms with Crippen LogP contribution in [0.5, 0.6) is 0 Å². The Morgan fingerprint density at radius 1 is 1.00 bits per heavy atom. The normalized spacial score (nSPS) is 11.9. The van der Waals surface area contributed by atoms with E-state index in [9.17, 15) is 22.1 Å². The highest BCUT2D eigenvalue weighted by molar-refractivity contribution is 7.33. The van der Waals surface area contributed by atoms with Gasteiger partial charge in [0.05, 0.1) is 0 Å². The number of halogens is 4. The average molecular weight is 182 g/mol. The molecule has 0 aliphatic carbocycles. The van der Waals surface area contributed by atoms with Crippen LogP contribution in [0.1, 0.15) is 0 Å². The Bertz CT molecular complexity index is 105. The van der Waals surface area contributed by atoms with Crippen LogP contribution in [0, 0.1) is 0 Å². The van der Waals surface area contributed by atoms with E-state index in [0.29, 0.717) is 0 Å². The van der Waals surface area contributed by atoms with Crippen molar-refractivity contribution < 1.29 is 31.2 Å². The molecule has 0 unspecified atom stereocenters. The van der Waals surface area contributed by atoms with Gasteiger partial charge >= 0.3 is 21.5 Å². The van der Waals surface area contributed by atoms with Crippen molar-refractivity contribution in [3.05, 3.63) is 0 Å². The summed E-state index contributed by atoms with van der Waals surface area (Å²) in [4.78, 5) is 0. The fraction of sp³-hybridized carbons (Fsp3) is 1.00. The van der Waals surface area contributed by atoms with Gasteiger partial charge in [0.2, 0.25) is 0 Å². The maximum Gasteiger partial charge on any atom is 0.351 e. The average Bonchev–Trinajstić information content (AvgIpc) is 1.58. The minimum atomic E-state index is -3.74. The van der Waals surface area contributed by atoms with Crippen molar-refractivity contribution >= 4 is 8.25 Å². The van der Waals surface area contributed by atoms with Gasteiger partial charge in [-0.25, -0.2) is 9.05 Å². The molecule has 3 nitrogen and oxygen atoms in total. The molecule has 0 aliphatic heterocycles. The van der Waals surface area contributed by atoms with E-state index in [4.69, 9.17) is 0 Å². The van der Waals surface area contributed by atoms with E-state index in [-0.39, 0.29) is 0 Å². The smallest absolute Gasteiger partial charge is 0.263 e. The molecule has 0 radical (unpaired) electrons. The summed E-state index contributed by atoms with van der Waals surface area (Å²) < 4.78 is 60.0. The van der Waals surface area contributed by atoms with E-state index in [2.05, 4.69) is 9.05 Å². The summed E-state index contributed by atoms with van der Waals surface area (Å²) in [5.41, 5.74) is 0. The van der Waals surface area contributed by atoms with Crippen molar-refractivity contribution in [2.45, 2.75) is 13.2 Å². The summed E-state index contributed by atoms with van der Waals surface area (Å²) in [6.07, 6.45) is 0. The minimum Gasteiger partial charge on any atom is -0.263 e. The van der Waals surface area contributed by atoms with E-state index in [0.717, 1.165) is 0 Å². The van der Waals surface area contributed by atoms with Gasteiger partial charge in [0.25, 0.3) is 0 Å². The Kier molecular flexibility index (Phi) is 4.59. The molecule has 0 fully saturated rings. The molecule has 0 aromatic heterocycles. The molecule has 0 bridgehead atoms. The van der Waals surface area contributed by atoms with Gasteiger partial charge in [-0.3, -0.25) is 4.57 Å². The molecular weight excluding hydrogens is 179 g/mol. The van der Waals surface area contributed by atoms with Crippen LogP contribution in [-0.2, 0) is 13.6 Å². The zero-order chi connectivity index (χ0) is 8.15. The highest BCUT2D eigenvalue weighted by Crippen LogP contribution is 2.29. The lowest BCUT2D eigenvalue weighted by Crippen LogP contribution is -1.95. The van der Waals surface area contributed by atoms with Gasteiger partial charge in [0.1, 0.15) is 0 Å². The van der Waals surface area contributed by atoms with Gasteiger partial charge in [-0.2, -0.15) is 17.6 Å². The summed E-state index contributed by atoms with van der Waals surface area (Å²) in [5.74, 6) is 0. The number of alkyl halides is 4. The van der Waals surface area contributed by atoms with E-state index in [1.807, 2.05) is 0 Å². The topological polar surface area (TPSA) is 35.5 Å². The van der Waals surface area contributed by atoms with E-state index >= 15 is 0 Å². The molecule has 0 saturated carbocycles. The molecule has 0 rings (SSSR count). The van der Waals surface area contributed by atoms with Crippen molar-refractivity contribution in [3.63, 3.8) is 0 Å². The van der Waals surface area contributed by atoms with Gasteiger partial charge in [-0.1, -0.05) is 0 Å². The molecule has 0 N–H and O–H groups in total. The molecule has 8 heteroatoms. The molecule has 10 heavy (non-hydrogen) atoms. The van der Waals surface area contributed by atoms with Crippen LogP contribution >= 0.6 is 8.25 Å². The lowest BCUT2D eigenvalue weighted by atomic mass is 11.5. The molecular formula is C2H3F4O3P. The van der Waals surface area contributed by atoms with Gasteiger partial charge in [-0.15, -0.1) is 0 Å². The van der Waals surface area contributed by atoms with Crippen molar-refractivity contribution in [3.8, 4) is 0 Å². The third-order valence-corrected chi connectivity index (χ3v) is 1.11. The predicted molar refractivity (Wildman–Crippen MR) is 23.2 cm³/mol. The van der Waals surface area contributed by atoms with Crippen LogP contribution in [-0.4, -0.2) is 13.2 Å². The van der Waals surface area contributed by atoms with Crippen LogP contribution in [0.3, 0.4) is 0 Å².